The third kappa shape index (κ3) is 3.39. The van der Waals surface area contributed by atoms with Gasteiger partial charge in [0.2, 0.25) is 0 Å². The molecule has 5 heteroatoms. The van der Waals surface area contributed by atoms with E-state index >= 15 is 0 Å². The number of anilines is 1. The Bertz CT molecular complexity index is 1070. The molecular weight excluding hydrogens is 410 g/mol. The third-order valence-corrected chi connectivity index (χ3v) is 6.76. The maximum Gasteiger partial charge on any atom is 0.161 e. The number of ketones is 2. The number of rotatable bonds is 3. The number of methoxy groups -OCH3 is 1. The maximum absolute atomic E-state index is 13.3. The summed E-state index contributed by atoms with van der Waals surface area (Å²) in [6.07, 6.45) is 4.34. The van der Waals surface area contributed by atoms with E-state index in [0.717, 1.165) is 65.2 Å². The van der Waals surface area contributed by atoms with Gasteiger partial charge in [-0.15, -0.1) is 0 Å². The summed E-state index contributed by atoms with van der Waals surface area (Å²) in [7, 11) is 1.64. The van der Waals surface area contributed by atoms with Crippen molar-refractivity contribution in [3.8, 4) is 5.75 Å². The van der Waals surface area contributed by atoms with Gasteiger partial charge in [-0.3, -0.25) is 9.59 Å². The summed E-state index contributed by atoms with van der Waals surface area (Å²) in [5, 5.41) is 0.666. The molecule has 0 atom stereocenters. The molecule has 158 valence electrons. The van der Waals surface area contributed by atoms with Gasteiger partial charge in [-0.05, 0) is 67.6 Å². The van der Waals surface area contributed by atoms with E-state index in [1.54, 1.807) is 7.11 Å². The summed E-state index contributed by atoms with van der Waals surface area (Å²) < 4.78 is 5.32. The van der Waals surface area contributed by atoms with Crippen molar-refractivity contribution >= 4 is 28.9 Å². The Balaban J connectivity index is 1.75. The highest BCUT2D eigenvalue weighted by Gasteiger charge is 2.43. The van der Waals surface area contributed by atoms with Crippen molar-refractivity contribution in [1.29, 1.82) is 0 Å². The van der Waals surface area contributed by atoms with E-state index in [1.165, 1.54) is 0 Å². The van der Waals surface area contributed by atoms with Crippen LogP contribution in [0.25, 0.3) is 0 Å². The van der Waals surface area contributed by atoms with Crippen molar-refractivity contribution in [2.45, 2.75) is 44.4 Å². The highest BCUT2D eigenvalue weighted by atomic mass is 35.5. The quantitative estimate of drug-likeness (QED) is 0.598. The van der Waals surface area contributed by atoms with Crippen molar-refractivity contribution in [3.63, 3.8) is 0 Å². The molecule has 5 rings (SSSR count). The number of hydrogen-bond donors (Lipinski definition) is 0. The molecule has 3 aliphatic rings. The summed E-state index contributed by atoms with van der Waals surface area (Å²) in [4.78, 5) is 28.7. The number of carbonyl (C=O) groups excluding carboxylic acids is 2. The molecule has 0 radical (unpaired) electrons. The van der Waals surface area contributed by atoms with Crippen molar-refractivity contribution < 1.29 is 14.3 Å². The molecule has 0 bridgehead atoms. The van der Waals surface area contributed by atoms with Crippen LogP contribution in [0.4, 0.5) is 5.69 Å². The van der Waals surface area contributed by atoms with E-state index in [-0.39, 0.29) is 17.5 Å². The molecule has 2 aromatic carbocycles. The fourth-order valence-corrected chi connectivity index (χ4v) is 5.28. The molecule has 0 fully saturated rings. The Labute approximate surface area is 187 Å². The van der Waals surface area contributed by atoms with Crippen LogP contribution in [0.5, 0.6) is 5.75 Å². The van der Waals surface area contributed by atoms with Crippen LogP contribution in [-0.2, 0) is 9.59 Å². The first kappa shape index (κ1) is 20.1. The molecule has 1 heterocycles. The smallest absolute Gasteiger partial charge is 0.161 e. The summed E-state index contributed by atoms with van der Waals surface area (Å²) in [5.74, 6) is 0.743. The largest absolute Gasteiger partial charge is 0.497 e. The first-order chi connectivity index (χ1) is 15.1. The summed E-state index contributed by atoms with van der Waals surface area (Å²) in [6.45, 7) is 0. The number of nitrogens with zero attached hydrogens (tertiary/aromatic N) is 1. The molecule has 1 aliphatic heterocycles. The average molecular weight is 434 g/mol. The lowest BCUT2D eigenvalue weighted by molar-refractivity contribution is -0.116. The van der Waals surface area contributed by atoms with Crippen molar-refractivity contribution in [1.82, 2.24) is 0 Å². The molecule has 2 aliphatic carbocycles. The predicted molar refractivity (Wildman–Crippen MR) is 121 cm³/mol. The van der Waals surface area contributed by atoms with Crippen LogP contribution in [0.1, 0.15) is 50.0 Å². The van der Waals surface area contributed by atoms with Gasteiger partial charge in [0.15, 0.2) is 11.6 Å². The van der Waals surface area contributed by atoms with E-state index in [1.807, 2.05) is 48.5 Å². The minimum Gasteiger partial charge on any atom is -0.497 e. The van der Waals surface area contributed by atoms with E-state index < -0.39 is 0 Å². The maximum atomic E-state index is 13.3. The molecule has 0 N–H and O–H groups in total. The lowest BCUT2D eigenvalue weighted by atomic mass is 9.71. The zero-order chi connectivity index (χ0) is 21.5. The Kier molecular flexibility index (Phi) is 5.19. The minimum atomic E-state index is -0.306. The average Bonchev–Trinajstić information content (AvgIpc) is 2.79. The van der Waals surface area contributed by atoms with Gasteiger partial charge in [0.1, 0.15) is 5.75 Å². The second-order valence-corrected chi connectivity index (χ2v) is 8.73. The van der Waals surface area contributed by atoms with Crippen LogP contribution in [0.15, 0.2) is 71.1 Å². The number of Topliss-reactive ketones (excluding diaryl/α,β-unsaturated/α-hetero) is 2. The van der Waals surface area contributed by atoms with Crippen molar-refractivity contribution in [2.75, 3.05) is 12.0 Å². The zero-order valence-electron chi connectivity index (χ0n) is 17.5. The van der Waals surface area contributed by atoms with E-state index in [4.69, 9.17) is 16.3 Å². The molecule has 2 aromatic rings. The zero-order valence-corrected chi connectivity index (χ0v) is 18.2. The normalized spacial score (nSPS) is 19.5. The Morgan fingerprint density at radius 2 is 1.35 bits per heavy atom. The molecule has 31 heavy (non-hydrogen) atoms. The minimum absolute atomic E-state index is 0.144. The molecule has 0 amide bonds. The highest BCUT2D eigenvalue weighted by molar-refractivity contribution is 6.30. The molecule has 0 saturated heterocycles. The number of benzene rings is 2. The molecule has 0 saturated carbocycles. The molecule has 0 aromatic heterocycles. The Morgan fingerprint density at radius 1 is 0.806 bits per heavy atom. The fourth-order valence-electron chi connectivity index (χ4n) is 5.15. The van der Waals surface area contributed by atoms with Gasteiger partial charge in [0, 0.05) is 52.0 Å². The number of carbonyl (C=O) groups is 2. The number of hydrogen-bond acceptors (Lipinski definition) is 4. The lowest BCUT2D eigenvalue weighted by Crippen LogP contribution is -2.39. The van der Waals surface area contributed by atoms with Crippen LogP contribution in [-0.4, -0.2) is 18.7 Å². The highest BCUT2D eigenvalue weighted by Crippen LogP contribution is 2.50. The van der Waals surface area contributed by atoms with Crippen LogP contribution >= 0.6 is 11.6 Å². The molecule has 4 nitrogen and oxygen atoms in total. The van der Waals surface area contributed by atoms with E-state index in [9.17, 15) is 9.59 Å². The summed E-state index contributed by atoms with van der Waals surface area (Å²) in [6, 6.07) is 15.5. The van der Waals surface area contributed by atoms with Crippen LogP contribution in [0.3, 0.4) is 0 Å². The summed E-state index contributed by atoms with van der Waals surface area (Å²) >= 11 is 6.14. The predicted octanol–water partition coefficient (Wildman–Crippen LogP) is 5.97. The first-order valence-electron chi connectivity index (χ1n) is 10.8. The monoisotopic (exact) mass is 433 g/mol. The molecule has 0 spiro atoms. The van der Waals surface area contributed by atoms with Crippen LogP contribution < -0.4 is 9.64 Å². The number of ether oxygens (including phenoxy) is 1. The SMILES string of the molecule is COc1ccc(C2C3=C(CCCC3=O)N(c3ccc(Cl)cc3)C3=C2C(=O)CCC3)cc1. The van der Waals surface area contributed by atoms with Crippen LogP contribution in [0.2, 0.25) is 5.02 Å². The van der Waals surface area contributed by atoms with Crippen LogP contribution in [0, 0.1) is 0 Å². The van der Waals surface area contributed by atoms with Gasteiger partial charge < -0.3 is 9.64 Å². The van der Waals surface area contributed by atoms with Gasteiger partial charge in [-0.2, -0.15) is 0 Å². The second-order valence-electron chi connectivity index (χ2n) is 8.29. The number of allylic oxidation sites excluding steroid dienone is 4. The van der Waals surface area contributed by atoms with Gasteiger partial charge in [0.05, 0.1) is 7.11 Å². The van der Waals surface area contributed by atoms with Crippen molar-refractivity contribution in [3.05, 3.63) is 81.7 Å². The lowest BCUT2D eigenvalue weighted by Gasteiger charge is -2.44. The fraction of sp³-hybridized carbons (Fsp3) is 0.308. The van der Waals surface area contributed by atoms with Gasteiger partial charge in [-0.1, -0.05) is 23.7 Å². The standard InChI is InChI=1S/C26H24ClNO3/c1-31-19-14-8-16(9-15-19)24-25-20(4-2-6-22(25)29)28(18-12-10-17(27)11-13-18)21-5-3-7-23(30)26(21)24/h8-15,24H,2-7H2,1H3. The first-order valence-corrected chi connectivity index (χ1v) is 11.2. The van der Waals surface area contributed by atoms with E-state index in [0.29, 0.717) is 17.9 Å². The van der Waals surface area contributed by atoms with Gasteiger partial charge >= 0.3 is 0 Å². The van der Waals surface area contributed by atoms with Gasteiger partial charge in [-0.25, -0.2) is 0 Å². The third-order valence-electron chi connectivity index (χ3n) is 6.51. The summed E-state index contributed by atoms with van der Waals surface area (Å²) in [5.41, 5.74) is 5.56. The molecule has 0 unspecified atom stereocenters. The van der Waals surface area contributed by atoms with Crippen molar-refractivity contribution in [2.24, 2.45) is 0 Å². The molecular formula is C26H24ClNO3. The van der Waals surface area contributed by atoms with Gasteiger partial charge in [0.25, 0.3) is 0 Å². The topological polar surface area (TPSA) is 46.6 Å². The van der Waals surface area contributed by atoms with E-state index in [2.05, 4.69) is 4.90 Å². The number of halogens is 1. The second kappa shape index (κ2) is 8.01. The Morgan fingerprint density at radius 3 is 1.87 bits per heavy atom. The Hall–Kier alpha value is -2.85.